The van der Waals surface area contributed by atoms with Gasteiger partial charge in [0.1, 0.15) is 0 Å². The minimum absolute atomic E-state index is 0.0263. The van der Waals surface area contributed by atoms with E-state index in [9.17, 15) is 0 Å². The van der Waals surface area contributed by atoms with Gasteiger partial charge in [-0.25, -0.2) is 0 Å². The Kier molecular flexibility index (Phi) is 5.10. The molecule has 0 fully saturated rings. The maximum atomic E-state index is 6.36. The zero-order valence-electron chi connectivity index (χ0n) is 13.4. The standard InChI is InChI=1S/C18H25N3/c1-13-8-14(2)10-16(9-13)18(19)12-21(4)11-17-7-5-6-15(3)20-17/h5-10,18H,11-12,19H2,1-4H3. The average molecular weight is 283 g/mol. The van der Waals surface area contributed by atoms with E-state index in [1.165, 1.54) is 16.7 Å². The van der Waals surface area contributed by atoms with Crippen LogP contribution in [-0.2, 0) is 6.54 Å². The lowest BCUT2D eigenvalue weighted by atomic mass is 10.0. The van der Waals surface area contributed by atoms with Crippen LogP contribution in [0.2, 0.25) is 0 Å². The SMILES string of the molecule is Cc1cc(C)cc(C(N)CN(C)Cc2cccc(C)n2)c1. The molecule has 2 aromatic rings. The number of hydrogen-bond donors (Lipinski definition) is 1. The lowest BCUT2D eigenvalue weighted by Crippen LogP contribution is -2.29. The first kappa shape index (κ1) is 15.7. The summed E-state index contributed by atoms with van der Waals surface area (Å²) in [5.74, 6) is 0. The van der Waals surface area contributed by atoms with Gasteiger partial charge in [0.15, 0.2) is 0 Å². The van der Waals surface area contributed by atoms with Gasteiger partial charge in [0, 0.05) is 24.8 Å². The molecular weight excluding hydrogens is 258 g/mol. The Hall–Kier alpha value is -1.71. The highest BCUT2D eigenvalue weighted by atomic mass is 15.1. The molecule has 112 valence electrons. The third-order valence-corrected chi connectivity index (χ3v) is 3.56. The molecule has 0 saturated heterocycles. The Morgan fingerprint density at radius 3 is 2.38 bits per heavy atom. The lowest BCUT2D eigenvalue weighted by Gasteiger charge is -2.22. The van der Waals surface area contributed by atoms with E-state index < -0.39 is 0 Å². The van der Waals surface area contributed by atoms with Crippen LogP contribution in [0, 0.1) is 20.8 Å². The molecule has 0 spiro atoms. The number of aromatic nitrogens is 1. The molecule has 1 heterocycles. The third-order valence-electron chi connectivity index (χ3n) is 3.56. The van der Waals surface area contributed by atoms with Gasteiger partial charge in [-0.2, -0.15) is 0 Å². The first-order chi connectivity index (χ1) is 9.94. The number of likely N-dealkylation sites (N-methyl/N-ethyl adjacent to an activating group) is 1. The molecule has 1 aromatic carbocycles. The summed E-state index contributed by atoms with van der Waals surface area (Å²) in [6, 6.07) is 12.7. The number of pyridine rings is 1. The van der Waals surface area contributed by atoms with E-state index in [0.717, 1.165) is 24.5 Å². The number of hydrogen-bond acceptors (Lipinski definition) is 3. The van der Waals surface area contributed by atoms with Crippen LogP contribution in [-0.4, -0.2) is 23.5 Å². The molecule has 0 amide bonds. The van der Waals surface area contributed by atoms with Gasteiger partial charge < -0.3 is 5.73 Å². The zero-order chi connectivity index (χ0) is 15.4. The fourth-order valence-electron chi connectivity index (χ4n) is 2.69. The summed E-state index contributed by atoms with van der Waals surface area (Å²) < 4.78 is 0. The van der Waals surface area contributed by atoms with E-state index >= 15 is 0 Å². The monoisotopic (exact) mass is 283 g/mol. The van der Waals surface area contributed by atoms with Crippen molar-refractivity contribution in [2.75, 3.05) is 13.6 Å². The van der Waals surface area contributed by atoms with Crippen LogP contribution in [0.3, 0.4) is 0 Å². The maximum absolute atomic E-state index is 6.36. The minimum Gasteiger partial charge on any atom is -0.323 e. The molecule has 3 heteroatoms. The van der Waals surface area contributed by atoms with Crippen molar-refractivity contribution in [3.05, 3.63) is 64.5 Å². The Bertz CT molecular complexity index is 587. The largest absolute Gasteiger partial charge is 0.323 e. The summed E-state index contributed by atoms with van der Waals surface area (Å²) in [4.78, 5) is 6.77. The van der Waals surface area contributed by atoms with Gasteiger partial charge in [-0.15, -0.1) is 0 Å². The lowest BCUT2D eigenvalue weighted by molar-refractivity contribution is 0.301. The second-order valence-electron chi connectivity index (χ2n) is 5.99. The maximum Gasteiger partial charge on any atom is 0.0547 e. The van der Waals surface area contributed by atoms with E-state index in [1.54, 1.807) is 0 Å². The van der Waals surface area contributed by atoms with Crippen LogP contribution < -0.4 is 5.73 Å². The predicted octanol–water partition coefficient (Wildman–Crippen LogP) is 3.14. The van der Waals surface area contributed by atoms with Gasteiger partial charge in [0.2, 0.25) is 0 Å². The number of nitrogens with two attached hydrogens (primary N) is 1. The molecule has 1 unspecified atom stereocenters. The molecule has 0 aliphatic heterocycles. The van der Waals surface area contributed by atoms with Crippen molar-refractivity contribution in [3.63, 3.8) is 0 Å². The summed E-state index contributed by atoms with van der Waals surface area (Å²) in [5, 5.41) is 0. The highest BCUT2D eigenvalue weighted by Crippen LogP contribution is 2.16. The van der Waals surface area contributed by atoms with Crippen molar-refractivity contribution < 1.29 is 0 Å². The van der Waals surface area contributed by atoms with Crippen molar-refractivity contribution in [2.45, 2.75) is 33.4 Å². The molecule has 0 aliphatic carbocycles. The van der Waals surface area contributed by atoms with Crippen molar-refractivity contribution in [1.82, 2.24) is 9.88 Å². The van der Waals surface area contributed by atoms with E-state index in [-0.39, 0.29) is 6.04 Å². The highest BCUT2D eigenvalue weighted by Gasteiger charge is 2.11. The highest BCUT2D eigenvalue weighted by molar-refractivity contribution is 5.30. The van der Waals surface area contributed by atoms with E-state index in [2.05, 4.69) is 61.1 Å². The van der Waals surface area contributed by atoms with Crippen molar-refractivity contribution in [1.29, 1.82) is 0 Å². The predicted molar refractivity (Wildman–Crippen MR) is 88.2 cm³/mol. The van der Waals surface area contributed by atoms with Crippen LogP contribution in [0.4, 0.5) is 0 Å². The fraction of sp³-hybridized carbons (Fsp3) is 0.389. The van der Waals surface area contributed by atoms with Crippen LogP contribution in [0.15, 0.2) is 36.4 Å². The van der Waals surface area contributed by atoms with E-state index in [4.69, 9.17) is 5.73 Å². The second-order valence-corrected chi connectivity index (χ2v) is 5.99. The normalized spacial score (nSPS) is 12.7. The van der Waals surface area contributed by atoms with Crippen LogP contribution in [0.1, 0.15) is 34.1 Å². The molecule has 1 atom stereocenters. The van der Waals surface area contributed by atoms with Gasteiger partial charge in [-0.05, 0) is 45.5 Å². The summed E-state index contributed by atoms with van der Waals surface area (Å²) in [7, 11) is 2.09. The second kappa shape index (κ2) is 6.83. The average Bonchev–Trinajstić information content (AvgIpc) is 2.37. The molecule has 2 rings (SSSR count). The van der Waals surface area contributed by atoms with Gasteiger partial charge >= 0.3 is 0 Å². The number of benzene rings is 1. The molecule has 0 saturated carbocycles. The van der Waals surface area contributed by atoms with Crippen LogP contribution >= 0.6 is 0 Å². The molecule has 0 radical (unpaired) electrons. The Balaban J connectivity index is 2.00. The van der Waals surface area contributed by atoms with Gasteiger partial charge in [0.25, 0.3) is 0 Å². The first-order valence-corrected chi connectivity index (χ1v) is 7.39. The topological polar surface area (TPSA) is 42.1 Å². The summed E-state index contributed by atoms with van der Waals surface area (Å²) in [6.45, 7) is 7.89. The van der Waals surface area contributed by atoms with Crippen LogP contribution in [0.5, 0.6) is 0 Å². The number of nitrogens with zero attached hydrogens (tertiary/aromatic N) is 2. The molecule has 2 N–H and O–H groups in total. The van der Waals surface area contributed by atoms with E-state index in [1.807, 2.05) is 13.0 Å². The van der Waals surface area contributed by atoms with Crippen molar-refractivity contribution in [3.8, 4) is 0 Å². The minimum atomic E-state index is 0.0263. The summed E-state index contributed by atoms with van der Waals surface area (Å²) in [6.07, 6.45) is 0. The Morgan fingerprint density at radius 1 is 1.10 bits per heavy atom. The smallest absolute Gasteiger partial charge is 0.0547 e. The number of rotatable bonds is 5. The van der Waals surface area contributed by atoms with E-state index in [0.29, 0.717) is 0 Å². The zero-order valence-corrected chi connectivity index (χ0v) is 13.4. The Labute approximate surface area is 127 Å². The van der Waals surface area contributed by atoms with Gasteiger partial charge in [-0.3, -0.25) is 9.88 Å². The Morgan fingerprint density at radius 2 is 1.76 bits per heavy atom. The van der Waals surface area contributed by atoms with Crippen LogP contribution in [0.25, 0.3) is 0 Å². The molecule has 0 bridgehead atoms. The third kappa shape index (κ3) is 4.66. The molecule has 3 nitrogen and oxygen atoms in total. The molecule has 1 aromatic heterocycles. The van der Waals surface area contributed by atoms with Gasteiger partial charge in [-0.1, -0.05) is 35.4 Å². The number of aryl methyl sites for hydroxylation is 3. The first-order valence-electron chi connectivity index (χ1n) is 7.39. The summed E-state index contributed by atoms with van der Waals surface area (Å²) in [5.41, 5.74) is 12.2. The van der Waals surface area contributed by atoms with Gasteiger partial charge in [0.05, 0.1) is 5.69 Å². The molecule has 0 aliphatic rings. The molecule has 21 heavy (non-hydrogen) atoms. The van der Waals surface area contributed by atoms with Crippen molar-refractivity contribution in [2.24, 2.45) is 5.73 Å². The molecular formula is C18H25N3. The summed E-state index contributed by atoms with van der Waals surface area (Å²) >= 11 is 0. The fourth-order valence-corrected chi connectivity index (χ4v) is 2.69. The van der Waals surface area contributed by atoms with Crippen molar-refractivity contribution >= 4 is 0 Å². The quantitative estimate of drug-likeness (QED) is 0.916.